The van der Waals surface area contributed by atoms with Gasteiger partial charge in [-0.2, -0.15) is 0 Å². The largest absolute Gasteiger partial charge is 0.472 e. The first-order valence-electron chi connectivity index (χ1n) is 5.15. The minimum Gasteiger partial charge on any atom is -0.472 e. The summed E-state index contributed by atoms with van der Waals surface area (Å²) in [4.78, 5) is 11.6. The summed E-state index contributed by atoms with van der Waals surface area (Å²) in [7, 11) is 0. The molecule has 1 atom stereocenters. The van der Waals surface area contributed by atoms with E-state index in [2.05, 4.69) is 0 Å². The highest BCUT2D eigenvalue weighted by atomic mass is 35.5. The van der Waals surface area contributed by atoms with Crippen LogP contribution in [0, 0.1) is 0 Å². The fourth-order valence-electron chi connectivity index (χ4n) is 1.41. The maximum Gasteiger partial charge on any atom is 0.342 e. The highest BCUT2D eigenvalue weighted by Gasteiger charge is 2.14. The van der Waals surface area contributed by atoms with Crippen LogP contribution in [0.25, 0.3) is 0 Å². The second-order valence-electron chi connectivity index (χ2n) is 3.61. The Bertz CT molecular complexity index is 488. The van der Waals surface area contributed by atoms with Gasteiger partial charge < -0.3 is 9.15 Å². The summed E-state index contributed by atoms with van der Waals surface area (Å²) in [6.45, 7) is 1.81. The third kappa shape index (κ3) is 2.88. The van der Waals surface area contributed by atoms with Crippen LogP contribution in [0.1, 0.15) is 28.9 Å². The van der Waals surface area contributed by atoms with Gasteiger partial charge in [-0.15, -0.1) is 0 Å². The maximum absolute atomic E-state index is 11.6. The molecule has 0 N–H and O–H groups in total. The molecule has 2 aromatic rings. The van der Waals surface area contributed by atoms with Crippen molar-refractivity contribution in [1.29, 1.82) is 0 Å². The Morgan fingerprint density at radius 2 is 2.00 bits per heavy atom. The quantitative estimate of drug-likeness (QED) is 0.777. The van der Waals surface area contributed by atoms with Crippen molar-refractivity contribution < 1.29 is 13.9 Å². The highest BCUT2D eigenvalue weighted by Crippen LogP contribution is 2.20. The number of halogens is 1. The summed E-state index contributed by atoms with van der Waals surface area (Å²) >= 11 is 5.78. The zero-order valence-corrected chi connectivity index (χ0v) is 9.98. The standard InChI is InChI=1S/C13H11ClO3/c1-9(10-2-4-12(14)5-3-10)17-13(15)11-6-7-16-8-11/h2-9H,1H3. The molecule has 0 amide bonds. The van der Waals surface area contributed by atoms with Crippen LogP contribution < -0.4 is 0 Å². The molecule has 2 rings (SSSR count). The predicted octanol–water partition coefficient (Wildman–Crippen LogP) is 3.85. The van der Waals surface area contributed by atoms with E-state index >= 15 is 0 Å². The molecule has 1 aromatic carbocycles. The van der Waals surface area contributed by atoms with Crippen LogP contribution in [0.5, 0.6) is 0 Å². The molecule has 0 saturated carbocycles. The van der Waals surface area contributed by atoms with Gasteiger partial charge in [-0.3, -0.25) is 0 Å². The molecule has 1 aromatic heterocycles. The zero-order chi connectivity index (χ0) is 12.3. The Balaban J connectivity index is 2.04. The number of ether oxygens (including phenoxy) is 1. The smallest absolute Gasteiger partial charge is 0.342 e. The van der Waals surface area contributed by atoms with E-state index in [0.29, 0.717) is 10.6 Å². The molecule has 0 fully saturated rings. The van der Waals surface area contributed by atoms with Gasteiger partial charge in [0.2, 0.25) is 0 Å². The summed E-state index contributed by atoms with van der Waals surface area (Å²) in [5.74, 6) is -0.402. The van der Waals surface area contributed by atoms with E-state index < -0.39 is 5.97 Å². The van der Waals surface area contributed by atoms with E-state index in [0.717, 1.165) is 5.56 Å². The van der Waals surface area contributed by atoms with E-state index in [1.54, 1.807) is 25.1 Å². The normalized spacial score (nSPS) is 12.1. The third-order valence-electron chi connectivity index (χ3n) is 2.38. The van der Waals surface area contributed by atoms with E-state index in [9.17, 15) is 4.79 Å². The molecule has 0 aliphatic carbocycles. The molecule has 3 nitrogen and oxygen atoms in total. The number of hydrogen-bond donors (Lipinski definition) is 0. The number of hydrogen-bond acceptors (Lipinski definition) is 3. The second-order valence-corrected chi connectivity index (χ2v) is 4.05. The molecule has 0 aliphatic heterocycles. The lowest BCUT2D eigenvalue weighted by atomic mass is 10.1. The molecule has 0 radical (unpaired) electrons. The van der Waals surface area contributed by atoms with E-state index in [4.69, 9.17) is 20.8 Å². The van der Waals surface area contributed by atoms with Crippen LogP contribution in [0.3, 0.4) is 0 Å². The van der Waals surface area contributed by atoms with E-state index in [-0.39, 0.29) is 6.10 Å². The van der Waals surface area contributed by atoms with Crippen LogP contribution in [0.4, 0.5) is 0 Å². The van der Waals surface area contributed by atoms with Crippen molar-refractivity contribution in [2.45, 2.75) is 13.0 Å². The maximum atomic E-state index is 11.6. The average molecular weight is 251 g/mol. The number of carbonyl (C=O) groups excluding carboxylic acids is 1. The summed E-state index contributed by atoms with van der Waals surface area (Å²) in [6, 6.07) is 8.75. The predicted molar refractivity (Wildman–Crippen MR) is 64.0 cm³/mol. The fourth-order valence-corrected chi connectivity index (χ4v) is 1.54. The van der Waals surface area contributed by atoms with Crippen LogP contribution in [0.2, 0.25) is 5.02 Å². The van der Waals surface area contributed by atoms with Gasteiger partial charge in [0.15, 0.2) is 0 Å². The molecule has 17 heavy (non-hydrogen) atoms. The van der Waals surface area contributed by atoms with Gasteiger partial charge in [-0.05, 0) is 30.7 Å². The van der Waals surface area contributed by atoms with Crippen molar-refractivity contribution in [2.24, 2.45) is 0 Å². The first-order chi connectivity index (χ1) is 8.16. The molecule has 4 heteroatoms. The fraction of sp³-hybridized carbons (Fsp3) is 0.154. The Kier molecular flexibility index (Phi) is 3.49. The molecule has 0 bridgehead atoms. The molecule has 88 valence electrons. The van der Waals surface area contributed by atoms with Gasteiger partial charge in [0.05, 0.1) is 11.8 Å². The number of carbonyl (C=O) groups is 1. The lowest BCUT2D eigenvalue weighted by Gasteiger charge is -2.12. The average Bonchev–Trinajstić information content (AvgIpc) is 2.83. The van der Waals surface area contributed by atoms with Crippen LogP contribution in [0.15, 0.2) is 47.3 Å². The van der Waals surface area contributed by atoms with Gasteiger partial charge in [0, 0.05) is 5.02 Å². The molecule has 0 saturated heterocycles. The lowest BCUT2D eigenvalue weighted by Crippen LogP contribution is -2.08. The summed E-state index contributed by atoms with van der Waals surface area (Å²) in [5, 5.41) is 0.655. The minimum atomic E-state index is -0.402. The molecular formula is C13H11ClO3. The summed E-state index contributed by atoms with van der Waals surface area (Å²) < 4.78 is 10.1. The van der Waals surface area contributed by atoms with E-state index in [1.165, 1.54) is 12.5 Å². The number of esters is 1. The number of furan rings is 1. The van der Waals surface area contributed by atoms with Crippen molar-refractivity contribution in [3.8, 4) is 0 Å². The first kappa shape index (κ1) is 11.7. The SMILES string of the molecule is CC(OC(=O)c1ccoc1)c1ccc(Cl)cc1. The van der Waals surface area contributed by atoms with Gasteiger partial charge in [-0.25, -0.2) is 4.79 Å². The molecule has 1 heterocycles. The van der Waals surface area contributed by atoms with Crippen molar-refractivity contribution in [3.05, 3.63) is 59.0 Å². The first-order valence-corrected chi connectivity index (χ1v) is 5.53. The third-order valence-corrected chi connectivity index (χ3v) is 2.63. The van der Waals surface area contributed by atoms with Crippen LogP contribution in [-0.2, 0) is 4.74 Å². The summed E-state index contributed by atoms with van der Waals surface area (Å²) in [6.07, 6.45) is 2.47. The lowest BCUT2D eigenvalue weighted by molar-refractivity contribution is 0.0337. The molecule has 0 aliphatic rings. The second kappa shape index (κ2) is 5.06. The van der Waals surface area contributed by atoms with Crippen molar-refractivity contribution in [2.75, 3.05) is 0 Å². The summed E-state index contributed by atoms with van der Waals surface area (Å²) in [5.41, 5.74) is 1.30. The highest BCUT2D eigenvalue weighted by molar-refractivity contribution is 6.30. The van der Waals surface area contributed by atoms with Crippen LogP contribution in [-0.4, -0.2) is 5.97 Å². The monoisotopic (exact) mass is 250 g/mol. The minimum absolute atomic E-state index is 0.324. The molecule has 1 unspecified atom stereocenters. The van der Waals surface area contributed by atoms with Crippen molar-refractivity contribution in [3.63, 3.8) is 0 Å². The van der Waals surface area contributed by atoms with Crippen LogP contribution >= 0.6 is 11.6 Å². The van der Waals surface area contributed by atoms with E-state index in [1.807, 2.05) is 12.1 Å². The van der Waals surface area contributed by atoms with Crippen molar-refractivity contribution >= 4 is 17.6 Å². The Morgan fingerprint density at radius 1 is 1.29 bits per heavy atom. The number of rotatable bonds is 3. The van der Waals surface area contributed by atoms with Crippen molar-refractivity contribution in [1.82, 2.24) is 0 Å². The number of benzene rings is 1. The van der Waals surface area contributed by atoms with Gasteiger partial charge >= 0.3 is 5.97 Å². The Labute approximate surface area is 104 Å². The van der Waals surface area contributed by atoms with Gasteiger partial charge in [0.25, 0.3) is 0 Å². The van der Waals surface area contributed by atoms with Gasteiger partial charge in [-0.1, -0.05) is 23.7 Å². The Hall–Kier alpha value is -1.74. The Morgan fingerprint density at radius 3 is 2.59 bits per heavy atom. The molecular weight excluding hydrogens is 240 g/mol. The zero-order valence-electron chi connectivity index (χ0n) is 9.22. The van der Waals surface area contributed by atoms with Gasteiger partial charge in [0.1, 0.15) is 12.4 Å². The topological polar surface area (TPSA) is 39.4 Å². The molecule has 0 spiro atoms.